The van der Waals surface area contributed by atoms with Crippen molar-refractivity contribution in [3.05, 3.63) is 51.8 Å². The predicted octanol–water partition coefficient (Wildman–Crippen LogP) is 2.04. The molecule has 1 aliphatic rings. The lowest BCUT2D eigenvalue weighted by Gasteiger charge is -2.32. The molecule has 8 nitrogen and oxygen atoms in total. The van der Waals surface area contributed by atoms with Crippen molar-refractivity contribution in [3.8, 4) is 5.75 Å². The van der Waals surface area contributed by atoms with Crippen LogP contribution < -0.4 is 0 Å². The van der Waals surface area contributed by atoms with Gasteiger partial charge in [0.2, 0.25) is 0 Å². The lowest BCUT2D eigenvalue weighted by Crippen LogP contribution is -2.39. The van der Waals surface area contributed by atoms with Gasteiger partial charge in [0.25, 0.3) is 5.91 Å². The van der Waals surface area contributed by atoms with Crippen molar-refractivity contribution in [1.82, 2.24) is 15.1 Å². The SMILES string of the molecule is O=C(c1ccc(O)c([N+](=O)[O-])c1)N1CCC[C@H](c2cn[nH]c2)C1. The highest BCUT2D eigenvalue weighted by atomic mass is 16.6. The Morgan fingerprint density at radius 2 is 2.30 bits per heavy atom. The smallest absolute Gasteiger partial charge is 0.311 e. The third-order valence-corrected chi connectivity index (χ3v) is 4.12. The molecule has 1 amide bonds. The van der Waals surface area contributed by atoms with E-state index in [0.29, 0.717) is 13.1 Å². The zero-order chi connectivity index (χ0) is 16.4. The van der Waals surface area contributed by atoms with Crippen LogP contribution in [0.5, 0.6) is 5.75 Å². The predicted molar refractivity (Wildman–Crippen MR) is 81.2 cm³/mol. The number of aromatic nitrogens is 2. The summed E-state index contributed by atoms with van der Waals surface area (Å²) in [5.74, 6) is -0.499. The van der Waals surface area contributed by atoms with E-state index < -0.39 is 16.4 Å². The second-order valence-corrected chi connectivity index (χ2v) is 5.58. The van der Waals surface area contributed by atoms with Crippen LogP contribution in [0.15, 0.2) is 30.6 Å². The molecule has 0 aliphatic carbocycles. The largest absolute Gasteiger partial charge is 0.502 e. The topological polar surface area (TPSA) is 112 Å². The molecule has 1 fully saturated rings. The molecule has 120 valence electrons. The fourth-order valence-electron chi connectivity index (χ4n) is 2.90. The van der Waals surface area contributed by atoms with Crippen molar-refractivity contribution < 1.29 is 14.8 Å². The minimum absolute atomic E-state index is 0.207. The van der Waals surface area contributed by atoms with Crippen LogP contribution in [0, 0.1) is 10.1 Å². The van der Waals surface area contributed by atoms with Crippen molar-refractivity contribution in [2.75, 3.05) is 13.1 Å². The lowest BCUT2D eigenvalue weighted by molar-refractivity contribution is -0.385. The molecule has 0 saturated carbocycles. The van der Waals surface area contributed by atoms with Crippen LogP contribution >= 0.6 is 0 Å². The number of aromatic amines is 1. The number of likely N-dealkylation sites (tertiary alicyclic amines) is 1. The molecule has 1 aromatic carbocycles. The number of hydrogen-bond donors (Lipinski definition) is 2. The minimum atomic E-state index is -0.698. The lowest BCUT2D eigenvalue weighted by atomic mass is 9.92. The van der Waals surface area contributed by atoms with Crippen molar-refractivity contribution in [1.29, 1.82) is 0 Å². The first kappa shape index (κ1) is 15.0. The fraction of sp³-hybridized carbons (Fsp3) is 0.333. The van der Waals surface area contributed by atoms with E-state index in [0.717, 1.165) is 24.5 Å². The highest BCUT2D eigenvalue weighted by molar-refractivity contribution is 5.95. The number of piperidine rings is 1. The Kier molecular flexibility index (Phi) is 3.96. The number of carbonyl (C=O) groups is 1. The van der Waals surface area contributed by atoms with Crippen molar-refractivity contribution in [2.24, 2.45) is 0 Å². The van der Waals surface area contributed by atoms with Gasteiger partial charge in [-0.25, -0.2) is 0 Å². The van der Waals surface area contributed by atoms with Gasteiger partial charge in [0.1, 0.15) is 0 Å². The highest BCUT2D eigenvalue weighted by Crippen LogP contribution is 2.29. The summed E-state index contributed by atoms with van der Waals surface area (Å²) in [6, 6.07) is 3.72. The normalized spacial score (nSPS) is 17.9. The fourth-order valence-corrected chi connectivity index (χ4v) is 2.90. The van der Waals surface area contributed by atoms with E-state index in [1.54, 1.807) is 11.1 Å². The van der Waals surface area contributed by atoms with E-state index in [1.165, 1.54) is 12.1 Å². The van der Waals surface area contributed by atoms with Crippen LogP contribution in [-0.4, -0.2) is 44.1 Å². The molecular weight excluding hydrogens is 300 g/mol. The number of nitrogens with one attached hydrogen (secondary N) is 1. The molecule has 1 atom stereocenters. The first-order valence-electron chi connectivity index (χ1n) is 7.31. The van der Waals surface area contributed by atoms with Crippen LogP contribution in [0.1, 0.15) is 34.7 Å². The molecule has 2 heterocycles. The molecule has 0 radical (unpaired) electrons. The Morgan fingerprint density at radius 1 is 1.48 bits per heavy atom. The molecule has 23 heavy (non-hydrogen) atoms. The molecule has 0 unspecified atom stereocenters. The minimum Gasteiger partial charge on any atom is -0.502 e. The number of benzene rings is 1. The Labute approximate surface area is 131 Å². The van der Waals surface area contributed by atoms with Gasteiger partial charge < -0.3 is 10.0 Å². The van der Waals surface area contributed by atoms with E-state index in [2.05, 4.69) is 10.2 Å². The van der Waals surface area contributed by atoms with Crippen LogP contribution in [-0.2, 0) is 0 Å². The number of amides is 1. The number of nitro groups is 1. The summed E-state index contributed by atoms with van der Waals surface area (Å²) in [4.78, 5) is 24.5. The summed E-state index contributed by atoms with van der Waals surface area (Å²) >= 11 is 0. The maximum absolute atomic E-state index is 12.6. The zero-order valence-corrected chi connectivity index (χ0v) is 12.3. The van der Waals surface area contributed by atoms with E-state index in [4.69, 9.17) is 0 Å². The van der Waals surface area contributed by atoms with Gasteiger partial charge in [-0.2, -0.15) is 5.10 Å². The molecule has 0 bridgehead atoms. The molecule has 2 aromatic rings. The number of phenolic OH excluding ortho intramolecular Hbond substituents is 1. The van der Waals surface area contributed by atoms with Crippen molar-refractivity contribution in [2.45, 2.75) is 18.8 Å². The van der Waals surface area contributed by atoms with Gasteiger partial charge >= 0.3 is 5.69 Å². The van der Waals surface area contributed by atoms with Gasteiger partial charge in [-0.15, -0.1) is 0 Å². The zero-order valence-electron chi connectivity index (χ0n) is 12.3. The second kappa shape index (κ2) is 6.07. The third kappa shape index (κ3) is 3.01. The van der Waals surface area contributed by atoms with Crippen LogP contribution in [0.2, 0.25) is 0 Å². The average Bonchev–Trinajstić information content (AvgIpc) is 3.09. The number of carbonyl (C=O) groups excluding carboxylic acids is 1. The Bertz CT molecular complexity index is 729. The summed E-state index contributed by atoms with van der Waals surface area (Å²) in [6.45, 7) is 1.16. The summed E-state index contributed by atoms with van der Waals surface area (Å²) in [5.41, 5.74) is 0.806. The van der Waals surface area contributed by atoms with Crippen LogP contribution in [0.25, 0.3) is 0 Å². The van der Waals surface area contributed by atoms with E-state index >= 15 is 0 Å². The first-order chi connectivity index (χ1) is 11.1. The summed E-state index contributed by atoms with van der Waals surface area (Å²) in [5, 5.41) is 27.1. The van der Waals surface area contributed by atoms with Crippen LogP contribution in [0.4, 0.5) is 5.69 Å². The molecular formula is C15H16N4O4. The Morgan fingerprint density at radius 3 is 3.00 bits per heavy atom. The monoisotopic (exact) mass is 316 g/mol. The summed E-state index contributed by atoms with van der Waals surface area (Å²) < 4.78 is 0. The third-order valence-electron chi connectivity index (χ3n) is 4.12. The quantitative estimate of drug-likeness (QED) is 0.664. The Balaban J connectivity index is 1.80. The molecule has 1 saturated heterocycles. The maximum Gasteiger partial charge on any atom is 0.311 e. The molecule has 8 heteroatoms. The number of nitrogens with zero attached hydrogens (tertiary/aromatic N) is 3. The van der Waals surface area contributed by atoms with Gasteiger partial charge in [0, 0.05) is 36.8 Å². The van der Waals surface area contributed by atoms with Crippen molar-refractivity contribution in [3.63, 3.8) is 0 Å². The van der Waals surface area contributed by atoms with Gasteiger partial charge in [0.05, 0.1) is 11.1 Å². The molecule has 2 N–H and O–H groups in total. The van der Waals surface area contributed by atoms with E-state index in [-0.39, 0.29) is 17.4 Å². The standard InChI is InChI=1S/C15H16N4O4/c20-14-4-3-10(6-13(14)19(22)23)15(21)18-5-1-2-11(9-18)12-7-16-17-8-12/h3-4,6-8,11,20H,1-2,5,9H2,(H,16,17)/t11-/m0/s1. The average molecular weight is 316 g/mol. The van der Waals surface area contributed by atoms with Gasteiger partial charge in [-0.1, -0.05) is 0 Å². The van der Waals surface area contributed by atoms with E-state index in [1.807, 2.05) is 6.20 Å². The number of rotatable bonds is 3. The molecule has 1 aliphatic heterocycles. The molecule has 3 rings (SSSR count). The number of H-pyrrole nitrogens is 1. The molecule has 0 spiro atoms. The first-order valence-corrected chi connectivity index (χ1v) is 7.31. The summed E-state index contributed by atoms with van der Waals surface area (Å²) in [7, 11) is 0. The van der Waals surface area contributed by atoms with Crippen LogP contribution in [0.3, 0.4) is 0 Å². The Hall–Kier alpha value is -2.90. The number of aromatic hydroxyl groups is 1. The number of hydrogen-bond acceptors (Lipinski definition) is 5. The highest BCUT2D eigenvalue weighted by Gasteiger charge is 2.27. The van der Waals surface area contributed by atoms with Gasteiger partial charge in [-0.05, 0) is 30.5 Å². The second-order valence-electron chi connectivity index (χ2n) is 5.58. The molecule has 1 aromatic heterocycles. The summed E-state index contributed by atoms with van der Waals surface area (Å²) in [6.07, 6.45) is 5.41. The maximum atomic E-state index is 12.6. The number of nitro benzene ring substituents is 1. The van der Waals surface area contributed by atoms with Crippen molar-refractivity contribution >= 4 is 11.6 Å². The van der Waals surface area contributed by atoms with Gasteiger partial charge in [0.15, 0.2) is 5.75 Å². The van der Waals surface area contributed by atoms with Gasteiger partial charge in [-0.3, -0.25) is 20.0 Å². The number of phenols is 1. The van der Waals surface area contributed by atoms with E-state index in [9.17, 15) is 20.0 Å².